The van der Waals surface area contributed by atoms with Crippen LogP contribution in [0.25, 0.3) is 11.4 Å². The van der Waals surface area contributed by atoms with Crippen LogP contribution in [0.4, 0.5) is 5.69 Å². The molecular formula is C13H17N5O2. The summed E-state index contributed by atoms with van der Waals surface area (Å²) >= 11 is 0. The Balaban J connectivity index is 1.83. The molecule has 7 heteroatoms. The number of carbonyl (C=O) groups is 1. The molecule has 2 aromatic rings. The molecule has 0 radical (unpaired) electrons. The molecule has 0 aliphatic carbocycles. The summed E-state index contributed by atoms with van der Waals surface area (Å²) in [5.41, 5.74) is 1.66. The fourth-order valence-corrected chi connectivity index (χ4v) is 1.64. The fraction of sp³-hybridized carbons (Fsp3) is 0.308. The quantitative estimate of drug-likeness (QED) is 0.645. The predicted molar refractivity (Wildman–Crippen MR) is 75.2 cm³/mol. The summed E-state index contributed by atoms with van der Waals surface area (Å²) in [7, 11) is 1.62. The Bertz CT molecular complexity index is 524. The topological polar surface area (TPSA) is 91.9 Å². The minimum Gasteiger partial charge on any atom is -0.383 e. The minimum atomic E-state index is -0.0893. The third-order valence-electron chi connectivity index (χ3n) is 2.63. The van der Waals surface area contributed by atoms with Crippen LogP contribution >= 0.6 is 0 Å². The van der Waals surface area contributed by atoms with E-state index >= 15 is 0 Å². The number of ether oxygens (including phenoxy) is 1. The zero-order chi connectivity index (χ0) is 14.2. The normalized spacial score (nSPS) is 10.4. The van der Waals surface area contributed by atoms with Crippen molar-refractivity contribution >= 4 is 11.6 Å². The third kappa shape index (κ3) is 4.15. The number of amides is 1. The van der Waals surface area contributed by atoms with E-state index in [1.165, 1.54) is 6.33 Å². The van der Waals surface area contributed by atoms with Crippen molar-refractivity contribution in [3.05, 3.63) is 30.6 Å². The Morgan fingerprint density at radius 2 is 2.15 bits per heavy atom. The van der Waals surface area contributed by atoms with E-state index in [1.807, 2.05) is 24.3 Å². The van der Waals surface area contributed by atoms with E-state index in [0.717, 1.165) is 11.3 Å². The van der Waals surface area contributed by atoms with Gasteiger partial charge in [0, 0.05) is 24.9 Å². The number of anilines is 1. The monoisotopic (exact) mass is 275 g/mol. The number of carbonyl (C=O) groups excluding carboxylic acids is 1. The molecule has 106 valence electrons. The van der Waals surface area contributed by atoms with Crippen molar-refractivity contribution in [3.8, 4) is 11.4 Å². The number of methoxy groups -OCH3 is 1. The zero-order valence-corrected chi connectivity index (χ0v) is 11.2. The van der Waals surface area contributed by atoms with Crippen LogP contribution in [-0.4, -0.2) is 47.9 Å². The van der Waals surface area contributed by atoms with E-state index in [9.17, 15) is 4.79 Å². The van der Waals surface area contributed by atoms with E-state index in [2.05, 4.69) is 25.8 Å². The van der Waals surface area contributed by atoms with Gasteiger partial charge < -0.3 is 15.4 Å². The van der Waals surface area contributed by atoms with Crippen LogP contribution in [0.3, 0.4) is 0 Å². The Morgan fingerprint density at radius 3 is 2.80 bits per heavy atom. The van der Waals surface area contributed by atoms with Crippen molar-refractivity contribution in [1.29, 1.82) is 0 Å². The molecule has 0 aliphatic heterocycles. The molecule has 1 heterocycles. The van der Waals surface area contributed by atoms with Gasteiger partial charge in [0.2, 0.25) is 5.91 Å². The highest BCUT2D eigenvalue weighted by molar-refractivity contribution is 5.92. The van der Waals surface area contributed by atoms with Gasteiger partial charge in [-0.2, -0.15) is 5.10 Å². The number of aromatic nitrogens is 3. The Hall–Kier alpha value is -2.25. The molecule has 20 heavy (non-hydrogen) atoms. The molecule has 0 unspecified atom stereocenters. The molecule has 0 bridgehead atoms. The molecule has 0 atom stereocenters. The molecule has 0 spiro atoms. The smallest absolute Gasteiger partial charge is 0.238 e. The predicted octanol–water partition coefficient (Wildman–Crippen LogP) is 0.646. The van der Waals surface area contributed by atoms with Gasteiger partial charge in [-0.25, -0.2) is 4.98 Å². The lowest BCUT2D eigenvalue weighted by atomic mass is 10.2. The van der Waals surface area contributed by atoms with Crippen molar-refractivity contribution in [3.63, 3.8) is 0 Å². The second kappa shape index (κ2) is 7.37. The molecule has 0 fully saturated rings. The number of H-pyrrole nitrogens is 1. The number of rotatable bonds is 7. The molecule has 0 saturated carbocycles. The Kier molecular flexibility index (Phi) is 5.22. The standard InChI is InChI=1S/C13H17N5O2/c1-20-7-6-14-8-12(19)17-11-4-2-10(3-5-11)13-15-9-16-18-13/h2-5,9,14H,6-8H2,1H3,(H,17,19)(H,15,16,18). The van der Waals surface area contributed by atoms with Gasteiger partial charge in [0.1, 0.15) is 6.33 Å². The van der Waals surface area contributed by atoms with Crippen molar-refractivity contribution in [2.75, 3.05) is 32.1 Å². The lowest BCUT2D eigenvalue weighted by Crippen LogP contribution is -2.30. The second-order valence-corrected chi connectivity index (χ2v) is 4.13. The third-order valence-corrected chi connectivity index (χ3v) is 2.63. The lowest BCUT2D eigenvalue weighted by molar-refractivity contribution is -0.115. The molecule has 0 aliphatic rings. The summed E-state index contributed by atoms with van der Waals surface area (Å²) in [5.74, 6) is 0.609. The number of nitrogens with one attached hydrogen (secondary N) is 3. The average Bonchev–Trinajstić information content (AvgIpc) is 2.99. The maximum atomic E-state index is 11.6. The Morgan fingerprint density at radius 1 is 1.35 bits per heavy atom. The van der Waals surface area contributed by atoms with Crippen molar-refractivity contribution in [2.45, 2.75) is 0 Å². The summed E-state index contributed by atoms with van der Waals surface area (Å²) < 4.78 is 4.88. The fourth-order valence-electron chi connectivity index (χ4n) is 1.64. The van der Waals surface area contributed by atoms with Crippen molar-refractivity contribution in [1.82, 2.24) is 20.5 Å². The molecule has 1 aromatic heterocycles. The highest BCUT2D eigenvalue weighted by atomic mass is 16.5. The average molecular weight is 275 g/mol. The van der Waals surface area contributed by atoms with Crippen LogP contribution in [0, 0.1) is 0 Å². The molecule has 7 nitrogen and oxygen atoms in total. The summed E-state index contributed by atoms with van der Waals surface area (Å²) in [4.78, 5) is 15.7. The number of nitrogens with zero attached hydrogens (tertiary/aromatic N) is 2. The van der Waals surface area contributed by atoms with E-state index < -0.39 is 0 Å². The van der Waals surface area contributed by atoms with Crippen LogP contribution in [0.5, 0.6) is 0 Å². The largest absolute Gasteiger partial charge is 0.383 e. The molecule has 1 aromatic carbocycles. The van der Waals surface area contributed by atoms with Gasteiger partial charge in [0.05, 0.1) is 13.2 Å². The van der Waals surface area contributed by atoms with Crippen LogP contribution in [0.15, 0.2) is 30.6 Å². The van der Waals surface area contributed by atoms with Gasteiger partial charge in [-0.3, -0.25) is 9.89 Å². The first-order chi connectivity index (χ1) is 9.79. The highest BCUT2D eigenvalue weighted by Gasteiger charge is 2.03. The summed E-state index contributed by atoms with van der Waals surface area (Å²) in [6, 6.07) is 7.39. The van der Waals surface area contributed by atoms with Crippen LogP contribution in [-0.2, 0) is 9.53 Å². The zero-order valence-electron chi connectivity index (χ0n) is 11.2. The van der Waals surface area contributed by atoms with Gasteiger partial charge in [-0.05, 0) is 24.3 Å². The summed E-state index contributed by atoms with van der Waals surface area (Å²) in [5, 5.41) is 12.4. The van der Waals surface area contributed by atoms with Gasteiger partial charge in [-0.1, -0.05) is 0 Å². The molecular weight excluding hydrogens is 258 g/mol. The second-order valence-electron chi connectivity index (χ2n) is 4.13. The highest BCUT2D eigenvalue weighted by Crippen LogP contribution is 2.16. The number of aromatic amines is 1. The van der Waals surface area contributed by atoms with Gasteiger partial charge in [0.25, 0.3) is 0 Å². The van der Waals surface area contributed by atoms with Crippen LogP contribution < -0.4 is 10.6 Å². The first-order valence-corrected chi connectivity index (χ1v) is 6.25. The summed E-state index contributed by atoms with van der Waals surface area (Å²) in [6.07, 6.45) is 1.46. The van der Waals surface area contributed by atoms with E-state index in [-0.39, 0.29) is 12.5 Å². The minimum absolute atomic E-state index is 0.0893. The van der Waals surface area contributed by atoms with E-state index in [4.69, 9.17) is 4.74 Å². The van der Waals surface area contributed by atoms with Crippen molar-refractivity contribution in [2.24, 2.45) is 0 Å². The number of benzene rings is 1. The maximum absolute atomic E-state index is 11.6. The van der Waals surface area contributed by atoms with Gasteiger partial charge >= 0.3 is 0 Å². The van der Waals surface area contributed by atoms with E-state index in [0.29, 0.717) is 19.0 Å². The van der Waals surface area contributed by atoms with Crippen molar-refractivity contribution < 1.29 is 9.53 Å². The van der Waals surface area contributed by atoms with Crippen LogP contribution in [0.1, 0.15) is 0 Å². The number of hydrogen-bond acceptors (Lipinski definition) is 5. The first kappa shape index (κ1) is 14.2. The van der Waals surface area contributed by atoms with Gasteiger partial charge in [-0.15, -0.1) is 0 Å². The molecule has 2 rings (SSSR count). The summed E-state index contributed by atoms with van der Waals surface area (Å²) in [6.45, 7) is 1.49. The molecule has 3 N–H and O–H groups in total. The van der Waals surface area contributed by atoms with E-state index in [1.54, 1.807) is 7.11 Å². The maximum Gasteiger partial charge on any atom is 0.238 e. The molecule has 1 amide bonds. The van der Waals surface area contributed by atoms with Gasteiger partial charge in [0.15, 0.2) is 5.82 Å². The first-order valence-electron chi connectivity index (χ1n) is 6.25. The SMILES string of the molecule is COCCNCC(=O)Nc1ccc(-c2ncn[nH]2)cc1. The number of hydrogen-bond donors (Lipinski definition) is 3. The van der Waals surface area contributed by atoms with Crippen LogP contribution in [0.2, 0.25) is 0 Å². The molecule has 0 saturated heterocycles. The Labute approximate surface area is 116 Å². The lowest BCUT2D eigenvalue weighted by Gasteiger charge is -2.07.